The number of aliphatic hydroxyl groups excluding tert-OH is 1. The smallest absolute Gasteiger partial charge is 0.322 e. The number of ether oxygens (including phenoxy) is 1. The summed E-state index contributed by atoms with van der Waals surface area (Å²) in [5, 5.41) is 21.1. The number of benzene rings is 1. The summed E-state index contributed by atoms with van der Waals surface area (Å²) in [5.74, 6) is 0.488. The highest BCUT2D eigenvalue weighted by molar-refractivity contribution is 5.89. The molecule has 0 spiro atoms. The first-order valence-corrected chi connectivity index (χ1v) is 8.40. The lowest BCUT2D eigenvalue weighted by Crippen LogP contribution is -2.35. The average Bonchev–Trinajstić information content (AvgIpc) is 2.67. The third-order valence-electron chi connectivity index (χ3n) is 3.65. The van der Waals surface area contributed by atoms with Crippen LogP contribution < -0.4 is 10.1 Å². The van der Waals surface area contributed by atoms with Gasteiger partial charge in [0.15, 0.2) is 0 Å². The van der Waals surface area contributed by atoms with Crippen molar-refractivity contribution in [2.24, 2.45) is 0 Å². The summed E-state index contributed by atoms with van der Waals surface area (Å²) in [4.78, 5) is 18.2. The van der Waals surface area contributed by atoms with Crippen LogP contribution in [0.3, 0.4) is 0 Å². The minimum Gasteiger partial charge on any atom is -0.492 e. The molecule has 0 aliphatic carbocycles. The number of aliphatic hydroxyl groups is 1. The molecule has 0 atom stereocenters. The molecule has 26 heavy (non-hydrogen) atoms. The lowest BCUT2D eigenvalue weighted by Gasteiger charge is -2.23. The molecule has 0 radical (unpaired) electrons. The lowest BCUT2D eigenvalue weighted by atomic mass is 10.2. The van der Waals surface area contributed by atoms with Crippen LogP contribution in [0, 0.1) is 11.3 Å². The van der Waals surface area contributed by atoms with E-state index in [-0.39, 0.29) is 12.6 Å². The Hall–Kier alpha value is -3.11. The number of nitrogens with one attached hydrogen (secondary N) is 1. The minimum absolute atomic E-state index is 0.00175. The van der Waals surface area contributed by atoms with Crippen LogP contribution >= 0.6 is 0 Å². The fraction of sp³-hybridized carbons (Fsp3) is 0.316. The van der Waals surface area contributed by atoms with Gasteiger partial charge in [-0.3, -0.25) is 4.98 Å². The number of anilines is 1. The van der Waals surface area contributed by atoms with Crippen LogP contribution in [-0.2, 0) is 6.54 Å². The third kappa shape index (κ3) is 5.46. The number of hydrogen-bond acceptors (Lipinski definition) is 5. The molecular formula is C19H22N4O3. The second-order valence-corrected chi connectivity index (χ2v) is 5.54. The predicted octanol–water partition coefficient (Wildman–Crippen LogP) is 2.77. The molecule has 1 aromatic heterocycles. The maximum atomic E-state index is 12.6. The largest absolute Gasteiger partial charge is 0.492 e. The highest BCUT2D eigenvalue weighted by atomic mass is 16.5. The topological polar surface area (TPSA) is 98.5 Å². The van der Waals surface area contributed by atoms with Crippen molar-refractivity contribution < 1.29 is 14.6 Å². The molecular weight excluding hydrogens is 332 g/mol. The first kappa shape index (κ1) is 19.2. The second kappa shape index (κ2) is 10.0. The van der Waals surface area contributed by atoms with Gasteiger partial charge in [-0.05, 0) is 49.2 Å². The van der Waals surface area contributed by atoms with E-state index in [9.17, 15) is 10.1 Å². The van der Waals surface area contributed by atoms with E-state index in [4.69, 9.17) is 9.84 Å². The van der Waals surface area contributed by atoms with Gasteiger partial charge in [0.25, 0.3) is 0 Å². The number of pyridine rings is 1. The summed E-state index contributed by atoms with van der Waals surface area (Å²) in [6.07, 6.45) is 3.82. The molecule has 0 unspecified atom stereocenters. The maximum Gasteiger partial charge on any atom is 0.322 e. The Labute approximate surface area is 152 Å². The molecule has 1 aromatic carbocycles. The van der Waals surface area contributed by atoms with Crippen LogP contribution in [0.5, 0.6) is 5.75 Å². The van der Waals surface area contributed by atoms with Gasteiger partial charge in [-0.2, -0.15) is 5.26 Å². The van der Waals surface area contributed by atoms with Crippen molar-refractivity contribution in [2.45, 2.75) is 19.9 Å². The lowest BCUT2D eigenvalue weighted by molar-refractivity contribution is 0.199. The molecule has 0 aliphatic rings. The predicted molar refractivity (Wildman–Crippen MR) is 97.7 cm³/mol. The highest BCUT2D eigenvalue weighted by Gasteiger charge is 2.15. The van der Waals surface area contributed by atoms with E-state index >= 15 is 0 Å². The maximum absolute atomic E-state index is 12.6. The molecule has 2 aromatic rings. The van der Waals surface area contributed by atoms with E-state index in [0.717, 1.165) is 5.56 Å². The molecule has 0 bridgehead atoms. The van der Waals surface area contributed by atoms with Gasteiger partial charge < -0.3 is 20.1 Å². The van der Waals surface area contributed by atoms with Crippen molar-refractivity contribution in [1.82, 2.24) is 9.88 Å². The van der Waals surface area contributed by atoms with Crippen molar-refractivity contribution in [3.05, 3.63) is 53.9 Å². The van der Waals surface area contributed by atoms with Gasteiger partial charge >= 0.3 is 6.03 Å². The van der Waals surface area contributed by atoms with E-state index in [2.05, 4.69) is 16.4 Å². The molecule has 0 aliphatic heterocycles. The van der Waals surface area contributed by atoms with Gasteiger partial charge in [0.2, 0.25) is 0 Å². The van der Waals surface area contributed by atoms with Gasteiger partial charge in [-0.25, -0.2) is 4.79 Å². The van der Waals surface area contributed by atoms with Crippen molar-refractivity contribution in [3.63, 3.8) is 0 Å². The monoisotopic (exact) mass is 354 g/mol. The minimum atomic E-state index is -0.302. The molecule has 7 nitrogen and oxygen atoms in total. The second-order valence-electron chi connectivity index (χ2n) is 5.54. The van der Waals surface area contributed by atoms with Gasteiger partial charge in [-0.1, -0.05) is 0 Å². The SMILES string of the molecule is CCOc1ccc(NC(=O)N(CCCO)Cc2ccncc2)cc1C#N. The number of nitriles is 1. The van der Waals surface area contributed by atoms with E-state index in [0.29, 0.717) is 43.1 Å². The Balaban J connectivity index is 2.11. The van der Waals surface area contributed by atoms with Gasteiger partial charge in [0.1, 0.15) is 11.8 Å². The summed E-state index contributed by atoms with van der Waals surface area (Å²) in [6, 6.07) is 10.4. The van der Waals surface area contributed by atoms with E-state index in [1.54, 1.807) is 35.5 Å². The Bertz CT molecular complexity index is 759. The Morgan fingerprint density at radius 1 is 1.35 bits per heavy atom. The molecule has 2 N–H and O–H groups in total. The van der Waals surface area contributed by atoms with Crippen LogP contribution in [0.1, 0.15) is 24.5 Å². The molecule has 0 fully saturated rings. The number of carbonyl (C=O) groups is 1. The molecule has 136 valence electrons. The number of urea groups is 1. The van der Waals surface area contributed by atoms with Crippen LogP contribution in [0.2, 0.25) is 0 Å². The van der Waals surface area contributed by atoms with E-state index < -0.39 is 0 Å². The summed E-state index contributed by atoms with van der Waals surface area (Å²) in [6.45, 7) is 3.11. The quantitative estimate of drug-likeness (QED) is 0.759. The standard InChI is InChI=1S/C19H22N4O3/c1-2-26-18-5-4-17(12-16(18)13-20)22-19(25)23(10-3-11-24)14-15-6-8-21-9-7-15/h4-9,12,24H,2-3,10-11,14H2,1H3,(H,22,25). The zero-order chi connectivity index (χ0) is 18.8. The molecule has 2 rings (SSSR count). The van der Waals surface area contributed by atoms with Crippen LogP contribution in [-0.4, -0.2) is 40.8 Å². The zero-order valence-electron chi connectivity index (χ0n) is 14.7. The molecule has 0 saturated carbocycles. The van der Waals surface area contributed by atoms with E-state index in [1.807, 2.05) is 19.1 Å². The normalized spacial score (nSPS) is 10.0. The van der Waals surface area contributed by atoms with Gasteiger partial charge in [0.05, 0.1) is 12.2 Å². The van der Waals surface area contributed by atoms with Gasteiger partial charge in [0, 0.05) is 37.8 Å². The van der Waals surface area contributed by atoms with Crippen molar-refractivity contribution in [1.29, 1.82) is 5.26 Å². The summed E-state index contributed by atoms with van der Waals surface area (Å²) < 4.78 is 5.39. The fourth-order valence-corrected chi connectivity index (χ4v) is 2.40. The number of rotatable bonds is 8. The number of nitrogens with zero attached hydrogens (tertiary/aromatic N) is 3. The molecule has 0 saturated heterocycles. The number of amides is 2. The Morgan fingerprint density at radius 3 is 2.77 bits per heavy atom. The molecule has 7 heteroatoms. The van der Waals surface area contributed by atoms with Gasteiger partial charge in [-0.15, -0.1) is 0 Å². The van der Waals surface area contributed by atoms with Crippen LogP contribution in [0.15, 0.2) is 42.7 Å². The number of aromatic nitrogens is 1. The van der Waals surface area contributed by atoms with Crippen LogP contribution in [0.4, 0.5) is 10.5 Å². The average molecular weight is 354 g/mol. The zero-order valence-corrected chi connectivity index (χ0v) is 14.7. The number of carbonyl (C=O) groups excluding carboxylic acids is 1. The number of hydrogen-bond donors (Lipinski definition) is 2. The summed E-state index contributed by atoms with van der Waals surface area (Å²) >= 11 is 0. The Kier molecular flexibility index (Phi) is 7.40. The fourth-order valence-electron chi connectivity index (χ4n) is 2.40. The van der Waals surface area contributed by atoms with Crippen molar-refractivity contribution >= 4 is 11.7 Å². The first-order valence-electron chi connectivity index (χ1n) is 8.40. The third-order valence-corrected chi connectivity index (χ3v) is 3.65. The Morgan fingerprint density at radius 2 is 2.12 bits per heavy atom. The first-order chi connectivity index (χ1) is 12.7. The van der Waals surface area contributed by atoms with Crippen LogP contribution in [0.25, 0.3) is 0 Å². The van der Waals surface area contributed by atoms with Crippen molar-refractivity contribution in [2.75, 3.05) is 25.1 Å². The van der Waals surface area contributed by atoms with Crippen molar-refractivity contribution in [3.8, 4) is 11.8 Å². The molecule has 2 amide bonds. The van der Waals surface area contributed by atoms with E-state index in [1.165, 1.54) is 0 Å². The highest BCUT2D eigenvalue weighted by Crippen LogP contribution is 2.22. The summed E-state index contributed by atoms with van der Waals surface area (Å²) in [5.41, 5.74) is 1.82. The molecule has 1 heterocycles. The summed E-state index contributed by atoms with van der Waals surface area (Å²) in [7, 11) is 0.